The second-order valence-corrected chi connectivity index (χ2v) is 4.52. The van der Waals surface area contributed by atoms with Crippen molar-refractivity contribution in [2.75, 3.05) is 7.05 Å². The van der Waals surface area contributed by atoms with Crippen LogP contribution in [0.1, 0.15) is 19.4 Å². The summed E-state index contributed by atoms with van der Waals surface area (Å²) in [7, 11) is 1.57. The molecule has 0 aliphatic rings. The molecule has 1 aromatic rings. The Labute approximate surface area is 108 Å². The molecule has 0 saturated heterocycles. The van der Waals surface area contributed by atoms with E-state index in [-0.39, 0.29) is 17.7 Å². The zero-order valence-electron chi connectivity index (χ0n) is 11.1. The van der Waals surface area contributed by atoms with E-state index < -0.39 is 6.04 Å². The van der Waals surface area contributed by atoms with Gasteiger partial charge in [-0.05, 0) is 5.56 Å². The van der Waals surface area contributed by atoms with Gasteiger partial charge in [-0.1, -0.05) is 44.2 Å². The minimum Gasteiger partial charge on any atom is -0.357 e. The van der Waals surface area contributed by atoms with Crippen LogP contribution >= 0.6 is 0 Å². The number of benzene rings is 1. The van der Waals surface area contributed by atoms with Crippen molar-refractivity contribution in [3.05, 3.63) is 35.9 Å². The monoisotopic (exact) mass is 248 g/mol. The molecule has 0 fully saturated rings. The fraction of sp³-hybridized carbons (Fsp3) is 0.429. The number of rotatable bonds is 5. The van der Waals surface area contributed by atoms with Crippen LogP contribution in [-0.2, 0) is 16.0 Å². The average Bonchev–Trinajstić information content (AvgIpc) is 2.38. The van der Waals surface area contributed by atoms with Crippen LogP contribution in [0.2, 0.25) is 0 Å². The molecule has 98 valence electrons. The Hall–Kier alpha value is -1.84. The van der Waals surface area contributed by atoms with E-state index in [0.717, 1.165) is 5.56 Å². The number of nitrogens with one attached hydrogen (secondary N) is 2. The molecule has 0 aliphatic heterocycles. The van der Waals surface area contributed by atoms with Gasteiger partial charge in [-0.2, -0.15) is 0 Å². The maximum absolute atomic E-state index is 11.7. The molecule has 0 bridgehead atoms. The van der Waals surface area contributed by atoms with Gasteiger partial charge in [0.2, 0.25) is 11.8 Å². The largest absolute Gasteiger partial charge is 0.357 e. The van der Waals surface area contributed by atoms with Crippen molar-refractivity contribution in [2.24, 2.45) is 5.92 Å². The standard InChI is InChI=1S/C14H20N2O2/c1-10(2)13(17)16-12(14(18)15-3)9-11-7-5-4-6-8-11/h4-8,10,12H,9H2,1-3H3,(H,15,18)(H,16,17)/t12-/m1/s1. The van der Waals surface area contributed by atoms with Gasteiger partial charge in [0.05, 0.1) is 0 Å². The van der Waals surface area contributed by atoms with Gasteiger partial charge in [0.25, 0.3) is 0 Å². The highest BCUT2D eigenvalue weighted by molar-refractivity contribution is 5.88. The molecule has 0 unspecified atom stereocenters. The van der Waals surface area contributed by atoms with Gasteiger partial charge in [0.15, 0.2) is 0 Å². The first-order valence-electron chi connectivity index (χ1n) is 6.10. The third-order valence-corrected chi connectivity index (χ3v) is 2.69. The summed E-state index contributed by atoms with van der Waals surface area (Å²) in [6.07, 6.45) is 0.499. The lowest BCUT2D eigenvalue weighted by atomic mass is 10.0. The zero-order valence-corrected chi connectivity index (χ0v) is 11.1. The molecule has 0 heterocycles. The van der Waals surface area contributed by atoms with E-state index in [4.69, 9.17) is 0 Å². The van der Waals surface area contributed by atoms with Gasteiger partial charge >= 0.3 is 0 Å². The Morgan fingerprint density at radius 3 is 2.22 bits per heavy atom. The summed E-state index contributed by atoms with van der Waals surface area (Å²) in [5, 5.41) is 5.34. The summed E-state index contributed by atoms with van der Waals surface area (Å²) in [6.45, 7) is 3.61. The fourth-order valence-corrected chi connectivity index (χ4v) is 1.57. The van der Waals surface area contributed by atoms with Gasteiger partial charge in [-0.15, -0.1) is 0 Å². The molecule has 1 aromatic carbocycles. The quantitative estimate of drug-likeness (QED) is 0.820. The summed E-state index contributed by atoms with van der Waals surface area (Å²) < 4.78 is 0. The van der Waals surface area contributed by atoms with Crippen LogP contribution in [0.15, 0.2) is 30.3 Å². The first kappa shape index (κ1) is 14.2. The highest BCUT2D eigenvalue weighted by Crippen LogP contribution is 2.04. The van der Waals surface area contributed by atoms with Crippen LogP contribution in [0.3, 0.4) is 0 Å². The number of carbonyl (C=O) groups is 2. The summed E-state index contributed by atoms with van der Waals surface area (Å²) in [4.78, 5) is 23.4. The zero-order chi connectivity index (χ0) is 13.5. The molecular weight excluding hydrogens is 228 g/mol. The van der Waals surface area contributed by atoms with Crippen molar-refractivity contribution in [3.8, 4) is 0 Å². The van der Waals surface area contributed by atoms with E-state index in [9.17, 15) is 9.59 Å². The average molecular weight is 248 g/mol. The molecule has 18 heavy (non-hydrogen) atoms. The van der Waals surface area contributed by atoms with Gasteiger partial charge < -0.3 is 10.6 Å². The molecule has 1 rings (SSSR count). The number of amides is 2. The van der Waals surface area contributed by atoms with Crippen LogP contribution < -0.4 is 10.6 Å². The highest BCUT2D eigenvalue weighted by atomic mass is 16.2. The van der Waals surface area contributed by atoms with Gasteiger partial charge in [0, 0.05) is 19.4 Å². The van der Waals surface area contributed by atoms with Crippen molar-refractivity contribution in [3.63, 3.8) is 0 Å². The Morgan fingerprint density at radius 1 is 1.11 bits per heavy atom. The fourth-order valence-electron chi connectivity index (χ4n) is 1.57. The molecule has 1 atom stereocenters. The maximum Gasteiger partial charge on any atom is 0.242 e. The second-order valence-electron chi connectivity index (χ2n) is 4.52. The molecular formula is C14H20N2O2. The van der Waals surface area contributed by atoms with E-state index in [0.29, 0.717) is 6.42 Å². The normalized spacial score (nSPS) is 12.0. The van der Waals surface area contributed by atoms with Crippen molar-refractivity contribution < 1.29 is 9.59 Å². The van der Waals surface area contributed by atoms with Gasteiger partial charge in [-0.3, -0.25) is 9.59 Å². The molecule has 2 N–H and O–H groups in total. The van der Waals surface area contributed by atoms with Crippen molar-refractivity contribution in [1.82, 2.24) is 10.6 Å². The maximum atomic E-state index is 11.7. The number of hydrogen-bond acceptors (Lipinski definition) is 2. The molecule has 0 saturated carbocycles. The lowest BCUT2D eigenvalue weighted by Crippen LogP contribution is -2.48. The van der Waals surface area contributed by atoms with E-state index in [1.165, 1.54) is 0 Å². The third-order valence-electron chi connectivity index (χ3n) is 2.69. The van der Waals surface area contributed by atoms with Gasteiger partial charge in [-0.25, -0.2) is 0 Å². The SMILES string of the molecule is CNC(=O)[C@@H](Cc1ccccc1)NC(=O)C(C)C. The van der Waals surface area contributed by atoms with Crippen molar-refractivity contribution >= 4 is 11.8 Å². The summed E-state index contributed by atoms with van der Waals surface area (Å²) >= 11 is 0. The summed E-state index contributed by atoms with van der Waals surface area (Å²) in [5.74, 6) is -0.416. The molecule has 4 nitrogen and oxygen atoms in total. The lowest BCUT2D eigenvalue weighted by molar-refractivity contribution is -0.130. The topological polar surface area (TPSA) is 58.2 Å². The number of hydrogen-bond donors (Lipinski definition) is 2. The minimum absolute atomic E-state index is 0.112. The van der Waals surface area contributed by atoms with Crippen LogP contribution in [0, 0.1) is 5.92 Å². The van der Waals surface area contributed by atoms with Crippen LogP contribution in [0.4, 0.5) is 0 Å². The lowest BCUT2D eigenvalue weighted by Gasteiger charge is -2.18. The Bertz CT molecular complexity index is 402. The van der Waals surface area contributed by atoms with Crippen LogP contribution in [0.5, 0.6) is 0 Å². The van der Waals surface area contributed by atoms with E-state index in [2.05, 4.69) is 10.6 Å². The summed E-state index contributed by atoms with van der Waals surface area (Å²) in [5.41, 5.74) is 1.02. The van der Waals surface area contributed by atoms with Gasteiger partial charge in [0.1, 0.15) is 6.04 Å². The van der Waals surface area contributed by atoms with Crippen LogP contribution in [-0.4, -0.2) is 24.9 Å². The van der Waals surface area contributed by atoms with E-state index >= 15 is 0 Å². The molecule has 0 radical (unpaired) electrons. The van der Waals surface area contributed by atoms with Crippen molar-refractivity contribution in [2.45, 2.75) is 26.3 Å². The molecule has 0 spiro atoms. The van der Waals surface area contributed by atoms with Crippen LogP contribution in [0.25, 0.3) is 0 Å². The van der Waals surface area contributed by atoms with E-state index in [1.54, 1.807) is 20.9 Å². The summed E-state index contributed by atoms with van der Waals surface area (Å²) in [6, 6.07) is 9.12. The molecule has 0 aromatic heterocycles. The molecule has 0 aliphatic carbocycles. The molecule has 4 heteroatoms. The van der Waals surface area contributed by atoms with E-state index in [1.807, 2.05) is 30.3 Å². The third kappa shape index (κ3) is 4.20. The Kier molecular flexibility index (Phi) is 5.36. The first-order valence-corrected chi connectivity index (χ1v) is 6.10. The Balaban J connectivity index is 2.73. The highest BCUT2D eigenvalue weighted by Gasteiger charge is 2.21. The molecule has 2 amide bonds. The number of carbonyl (C=O) groups excluding carboxylic acids is 2. The number of likely N-dealkylation sites (N-methyl/N-ethyl adjacent to an activating group) is 1. The smallest absolute Gasteiger partial charge is 0.242 e. The second kappa shape index (κ2) is 6.79. The first-order chi connectivity index (χ1) is 8.54. The Morgan fingerprint density at radius 2 is 1.72 bits per heavy atom. The predicted molar refractivity (Wildman–Crippen MR) is 71.0 cm³/mol. The minimum atomic E-state index is -0.521. The predicted octanol–water partition coefficient (Wildman–Crippen LogP) is 1.12. The van der Waals surface area contributed by atoms with Crippen molar-refractivity contribution in [1.29, 1.82) is 0 Å².